The van der Waals surface area contributed by atoms with E-state index in [1.807, 2.05) is 56.3 Å². The molecule has 1 aliphatic heterocycles. The maximum atomic E-state index is 13.4. The SMILES string of the molecule is CCN(CC)C(=O)C(=CN)c1cc(C2CCN(S(=O)(=O)c3ccc(NC(O)OCc4ccccc4)cc3)CC2)ccn1. The highest BCUT2D eigenvalue weighted by atomic mass is 32.2. The van der Waals surface area contributed by atoms with Crippen LogP contribution in [0.2, 0.25) is 0 Å². The maximum absolute atomic E-state index is 13.4. The number of benzene rings is 2. The van der Waals surface area contributed by atoms with Gasteiger partial charge in [-0.3, -0.25) is 9.78 Å². The number of hydrogen-bond acceptors (Lipinski definition) is 8. The van der Waals surface area contributed by atoms with Gasteiger partial charge in [-0.1, -0.05) is 30.3 Å². The predicted octanol–water partition coefficient (Wildman–Crippen LogP) is 3.72. The lowest BCUT2D eigenvalue weighted by molar-refractivity contribution is -0.124. The lowest BCUT2D eigenvalue weighted by Crippen LogP contribution is -2.38. The second kappa shape index (κ2) is 14.4. The number of nitrogens with one attached hydrogen (secondary N) is 1. The number of carbonyl (C=O) groups is 1. The molecule has 1 saturated heterocycles. The lowest BCUT2D eigenvalue weighted by Gasteiger charge is -2.31. The van der Waals surface area contributed by atoms with Crippen LogP contribution in [0, 0.1) is 0 Å². The third-order valence-electron chi connectivity index (χ3n) is 7.47. The van der Waals surface area contributed by atoms with Crippen LogP contribution in [0.4, 0.5) is 5.69 Å². The third-order valence-corrected chi connectivity index (χ3v) is 9.38. The molecule has 3 aromatic rings. The van der Waals surface area contributed by atoms with Crippen LogP contribution in [0.5, 0.6) is 0 Å². The smallest absolute Gasteiger partial charge is 0.257 e. The van der Waals surface area contributed by atoms with Crippen molar-refractivity contribution < 1.29 is 23.1 Å². The van der Waals surface area contributed by atoms with Gasteiger partial charge in [-0.05, 0) is 80.1 Å². The van der Waals surface area contributed by atoms with Gasteiger partial charge in [0.05, 0.1) is 22.8 Å². The van der Waals surface area contributed by atoms with Crippen molar-refractivity contribution in [3.05, 3.63) is 95.9 Å². The maximum Gasteiger partial charge on any atom is 0.257 e. The number of piperidine rings is 1. The highest BCUT2D eigenvalue weighted by Gasteiger charge is 2.30. The summed E-state index contributed by atoms with van der Waals surface area (Å²) in [5.74, 6) is -0.0340. The van der Waals surface area contributed by atoms with E-state index in [-0.39, 0.29) is 23.3 Å². The van der Waals surface area contributed by atoms with Crippen LogP contribution in [0.3, 0.4) is 0 Å². The topological polar surface area (TPSA) is 138 Å². The van der Waals surface area contributed by atoms with Gasteiger partial charge in [-0.15, -0.1) is 0 Å². The quantitative estimate of drug-likeness (QED) is 0.213. The molecule has 1 aliphatic rings. The molecule has 2 aromatic carbocycles. The molecule has 0 spiro atoms. The van der Waals surface area contributed by atoms with E-state index in [1.54, 1.807) is 23.2 Å². The summed E-state index contributed by atoms with van der Waals surface area (Å²) in [6.45, 7) is 5.95. The number of ether oxygens (including phenoxy) is 1. The molecule has 1 unspecified atom stereocenters. The Morgan fingerprint density at radius 1 is 1.12 bits per heavy atom. The summed E-state index contributed by atoms with van der Waals surface area (Å²) in [5.41, 5.74) is 9.17. The highest BCUT2D eigenvalue weighted by Crippen LogP contribution is 2.32. The molecule has 10 nitrogen and oxygen atoms in total. The van der Waals surface area contributed by atoms with Gasteiger partial charge in [0, 0.05) is 44.3 Å². The molecule has 0 radical (unpaired) electrons. The van der Waals surface area contributed by atoms with Gasteiger partial charge in [0.2, 0.25) is 16.4 Å². The number of aromatic nitrogens is 1. The fraction of sp³-hybridized carbons (Fsp3) is 0.355. The van der Waals surface area contributed by atoms with Crippen molar-refractivity contribution in [2.45, 2.75) is 50.5 Å². The zero-order chi connectivity index (χ0) is 30.1. The Morgan fingerprint density at radius 3 is 2.40 bits per heavy atom. The number of amides is 1. The number of likely N-dealkylation sites (N-methyl/N-ethyl adjacent to an activating group) is 1. The van der Waals surface area contributed by atoms with E-state index in [1.165, 1.54) is 22.6 Å². The molecule has 1 amide bonds. The normalized spacial score (nSPS) is 15.7. The molecule has 1 aromatic heterocycles. The molecule has 42 heavy (non-hydrogen) atoms. The molecule has 0 saturated carbocycles. The number of rotatable bonds is 12. The summed E-state index contributed by atoms with van der Waals surface area (Å²) < 4.78 is 33.6. The molecule has 1 fully saturated rings. The molecule has 4 N–H and O–H groups in total. The van der Waals surface area contributed by atoms with Gasteiger partial charge in [0.15, 0.2) is 0 Å². The monoisotopic (exact) mass is 593 g/mol. The van der Waals surface area contributed by atoms with E-state index in [4.69, 9.17) is 10.5 Å². The average molecular weight is 594 g/mol. The van der Waals surface area contributed by atoms with Crippen LogP contribution in [0.15, 0.2) is 84.0 Å². The van der Waals surface area contributed by atoms with Crippen LogP contribution in [-0.4, -0.2) is 66.2 Å². The largest absolute Gasteiger partial charge is 0.404 e. The van der Waals surface area contributed by atoms with Gasteiger partial charge < -0.3 is 25.8 Å². The van der Waals surface area contributed by atoms with Crippen molar-refractivity contribution in [1.29, 1.82) is 0 Å². The lowest BCUT2D eigenvalue weighted by atomic mass is 9.90. The zero-order valence-electron chi connectivity index (χ0n) is 24.0. The number of carbonyl (C=O) groups excluding carboxylic acids is 1. The Bertz CT molecular complexity index is 1450. The first kappa shape index (κ1) is 31.2. The van der Waals surface area contributed by atoms with E-state index in [9.17, 15) is 18.3 Å². The van der Waals surface area contributed by atoms with Gasteiger partial charge in [0.25, 0.3) is 5.91 Å². The third kappa shape index (κ3) is 7.54. The summed E-state index contributed by atoms with van der Waals surface area (Å²) in [5, 5.41) is 13.0. The van der Waals surface area contributed by atoms with Gasteiger partial charge >= 0.3 is 0 Å². The number of aliphatic hydroxyl groups is 1. The van der Waals surface area contributed by atoms with Crippen molar-refractivity contribution in [1.82, 2.24) is 14.2 Å². The van der Waals surface area contributed by atoms with E-state index in [0.717, 1.165) is 11.1 Å². The zero-order valence-corrected chi connectivity index (χ0v) is 24.8. The Morgan fingerprint density at radius 2 is 1.79 bits per heavy atom. The first-order valence-electron chi connectivity index (χ1n) is 14.1. The number of pyridine rings is 1. The number of sulfonamides is 1. The van der Waals surface area contributed by atoms with Gasteiger partial charge in [-0.25, -0.2) is 8.42 Å². The Labute approximate surface area is 247 Å². The van der Waals surface area contributed by atoms with Crippen molar-refractivity contribution >= 4 is 27.2 Å². The van der Waals surface area contributed by atoms with Crippen LogP contribution in [-0.2, 0) is 26.2 Å². The summed E-state index contributed by atoms with van der Waals surface area (Å²) in [7, 11) is -3.69. The van der Waals surface area contributed by atoms with Crippen LogP contribution in [0.25, 0.3) is 5.57 Å². The molecule has 4 rings (SSSR count). The van der Waals surface area contributed by atoms with E-state index >= 15 is 0 Å². The van der Waals surface area contributed by atoms with E-state index < -0.39 is 16.4 Å². The van der Waals surface area contributed by atoms with E-state index in [0.29, 0.717) is 56.0 Å². The summed E-state index contributed by atoms with van der Waals surface area (Å²) in [4.78, 5) is 19.2. The van der Waals surface area contributed by atoms with Crippen LogP contribution >= 0.6 is 0 Å². The minimum absolute atomic E-state index is 0.129. The van der Waals surface area contributed by atoms with E-state index in [2.05, 4.69) is 10.3 Å². The molecule has 1 atom stereocenters. The number of nitrogens with zero attached hydrogens (tertiary/aromatic N) is 3. The van der Waals surface area contributed by atoms with Crippen LogP contribution in [0.1, 0.15) is 49.4 Å². The summed E-state index contributed by atoms with van der Waals surface area (Å²) in [6, 6.07) is 19.5. The Kier molecular flexibility index (Phi) is 10.7. The first-order chi connectivity index (χ1) is 20.3. The number of aliphatic hydroxyl groups excluding tert-OH is 1. The van der Waals surface area contributed by atoms with Gasteiger partial charge in [0.1, 0.15) is 0 Å². The minimum Gasteiger partial charge on any atom is -0.404 e. The van der Waals surface area contributed by atoms with Crippen molar-refractivity contribution in [2.75, 3.05) is 31.5 Å². The average Bonchev–Trinajstić information content (AvgIpc) is 3.02. The predicted molar refractivity (Wildman–Crippen MR) is 162 cm³/mol. The number of nitrogens with two attached hydrogens (primary N) is 1. The fourth-order valence-electron chi connectivity index (χ4n) is 5.03. The number of hydrogen-bond donors (Lipinski definition) is 3. The summed E-state index contributed by atoms with van der Waals surface area (Å²) in [6.07, 6.45) is 3.01. The molecule has 224 valence electrons. The molecule has 11 heteroatoms. The van der Waals surface area contributed by atoms with Crippen LogP contribution < -0.4 is 11.1 Å². The molecule has 0 aliphatic carbocycles. The minimum atomic E-state index is -3.69. The van der Waals surface area contributed by atoms with Crippen molar-refractivity contribution in [3.8, 4) is 0 Å². The molecule has 2 heterocycles. The Balaban J connectivity index is 1.35. The second-order valence-electron chi connectivity index (χ2n) is 10.0. The first-order valence-corrected chi connectivity index (χ1v) is 15.6. The molecular weight excluding hydrogens is 554 g/mol. The molecule has 0 bridgehead atoms. The summed E-state index contributed by atoms with van der Waals surface area (Å²) >= 11 is 0. The number of anilines is 1. The standard InChI is InChI=1S/C31H39N5O5S/c1-3-35(4-2)30(37)28(21-32)29-20-25(14-17-33-29)24-15-18-36(19-16-24)42(39,40)27-12-10-26(11-13-27)34-31(38)41-22-23-8-6-5-7-9-23/h5-14,17,20-21,24,31,34,38H,3-4,15-16,18-19,22,32H2,1-2H3. The highest BCUT2D eigenvalue weighted by molar-refractivity contribution is 7.89. The van der Waals surface area contributed by atoms with Crippen molar-refractivity contribution in [2.24, 2.45) is 5.73 Å². The molecular formula is C31H39N5O5S. The van der Waals surface area contributed by atoms with Crippen molar-refractivity contribution in [3.63, 3.8) is 0 Å². The second-order valence-corrected chi connectivity index (χ2v) is 12.0. The Hall–Kier alpha value is -3.77. The fourth-order valence-corrected chi connectivity index (χ4v) is 6.50. The van der Waals surface area contributed by atoms with Gasteiger partial charge in [-0.2, -0.15) is 4.31 Å².